The minimum atomic E-state index is -0.295. The third-order valence-electron chi connectivity index (χ3n) is 3.71. The smallest absolute Gasteiger partial charge is 0.227 e. The van der Waals surface area contributed by atoms with Gasteiger partial charge in [0, 0.05) is 31.8 Å². The molecule has 0 saturated carbocycles. The molecule has 1 heterocycles. The van der Waals surface area contributed by atoms with E-state index >= 15 is 0 Å². The Hall–Kier alpha value is -1.88. The van der Waals surface area contributed by atoms with Crippen molar-refractivity contribution in [2.45, 2.75) is 26.3 Å². The standard InChI is InChI=1S/C16H22N2O3/c1-11-6-4-5-7-14(11)18-9-13(8-15(18)19)16(20)17-12(2)10-21-3/h4-7,12-13H,8-10H2,1-3H3,(H,17,20)/t12-,13+/m0/s1. The molecule has 5 nitrogen and oxygen atoms in total. The van der Waals surface area contributed by atoms with E-state index in [1.54, 1.807) is 12.0 Å². The maximum atomic E-state index is 12.2. The first-order valence-electron chi connectivity index (χ1n) is 7.18. The number of rotatable bonds is 5. The summed E-state index contributed by atoms with van der Waals surface area (Å²) in [6.45, 7) is 4.76. The van der Waals surface area contributed by atoms with Crippen LogP contribution in [0.15, 0.2) is 24.3 Å². The number of benzene rings is 1. The number of ether oxygens (including phenoxy) is 1. The second-order valence-electron chi connectivity index (χ2n) is 5.56. The van der Waals surface area contributed by atoms with E-state index < -0.39 is 0 Å². The van der Waals surface area contributed by atoms with Gasteiger partial charge in [-0.2, -0.15) is 0 Å². The highest BCUT2D eigenvalue weighted by Gasteiger charge is 2.35. The number of carbonyl (C=O) groups is 2. The summed E-state index contributed by atoms with van der Waals surface area (Å²) in [5.41, 5.74) is 1.93. The Kier molecular flexibility index (Phi) is 4.96. The topological polar surface area (TPSA) is 58.6 Å². The molecule has 0 spiro atoms. The van der Waals surface area contributed by atoms with Crippen LogP contribution < -0.4 is 10.2 Å². The summed E-state index contributed by atoms with van der Waals surface area (Å²) in [7, 11) is 1.60. The van der Waals surface area contributed by atoms with Crippen LogP contribution in [-0.2, 0) is 14.3 Å². The molecular formula is C16H22N2O3. The lowest BCUT2D eigenvalue weighted by molar-refractivity contribution is -0.127. The fraction of sp³-hybridized carbons (Fsp3) is 0.500. The van der Waals surface area contributed by atoms with Crippen LogP contribution in [0.1, 0.15) is 18.9 Å². The Morgan fingerprint density at radius 2 is 2.19 bits per heavy atom. The molecule has 0 aliphatic carbocycles. The quantitative estimate of drug-likeness (QED) is 0.894. The Bertz CT molecular complexity index is 530. The van der Waals surface area contributed by atoms with Crippen molar-refractivity contribution in [3.05, 3.63) is 29.8 Å². The normalized spacial score (nSPS) is 19.7. The van der Waals surface area contributed by atoms with Gasteiger partial charge in [0.15, 0.2) is 0 Å². The predicted molar refractivity (Wildman–Crippen MR) is 81.1 cm³/mol. The first kappa shape index (κ1) is 15.5. The van der Waals surface area contributed by atoms with Crippen molar-refractivity contribution in [3.8, 4) is 0 Å². The summed E-state index contributed by atoms with van der Waals surface area (Å²) in [6, 6.07) is 7.68. The summed E-state index contributed by atoms with van der Waals surface area (Å²) in [6.07, 6.45) is 0.264. The zero-order chi connectivity index (χ0) is 15.4. The van der Waals surface area contributed by atoms with Crippen LogP contribution in [0.3, 0.4) is 0 Å². The number of amides is 2. The molecule has 1 aromatic rings. The highest BCUT2D eigenvalue weighted by atomic mass is 16.5. The van der Waals surface area contributed by atoms with Gasteiger partial charge in [0.25, 0.3) is 0 Å². The van der Waals surface area contributed by atoms with Crippen LogP contribution in [0.2, 0.25) is 0 Å². The number of anilines is 1. The Morgan fingerprint density at radius 3 is 2.86 bits per heavy atom. The number of carbonyl (C=O) groups excluding carboxylic acids is 2. The first-order chi connectivity index (χ1) is 10.0. The molecule has 1 saturated heterocycles. The van der Waals surface area contributed by atoms with Crippen LogP contribution in [0.4, 0.5) is 5.69 Å². The zero-order valence-electron chi connectivity index (χ0n) is 12.8. The first-order valence-corrected chi connectivity index (χ1v) is 7.18. The largest absolute Gasteiger partial charge is 0.383 e. The van der Waals surface area contributed by atoms with Crippen molar-refractivity contribution in [1.29, 1.82) is 0 Å². The van der Waals surface area contributed by atoms with Gasteiger partial charge in [-0.15, -0.1) is 0 Å². The van der Waals surface area contributed by atoms with Crippen LogP contribution in [0.25, 0.3) is 0 Å². The van der Waals surface area contributed by atoms with E-state index in [4.69, 9.17) is 4.74 Å². The molecule has 1 aliphatic rings. The van der Waals surface area contributed by atoms with Gasteiger partial charge < -0.3 is 15.0 Å². The summed E-state index contributed by atoms with van der Waals surface area (Å²) in [4.78, 5) is 26.1. The third-order valence-corrected chi connectivity index (χ3v) is 3.71. The second-order valence-corrected chi connectivity index (χ2v) is 5.56. The number of hydrogen-bond acceptors (Lipinski definition) is 3. The Morgan fingerprint density at radius 1 is 1.48 bits per heavy atom. The van der Waals surface area contributed by atoms with Gasteiger partial charge in [0.2, 0.25) is 11.8 Å². The molecule has 2 atom stereocenters. The van der Waals surface area contributed by atoms with E-state index in [-0.39, 0.29) is 30.2 Å². The van der Waals surface area contributed by atoms with Crippen molar-refractivity contribution >= 4 is 17.5 Å². The van der Waals surface area contributed by atoms with Crippen LogP contribution in [0, 0.1) is 12.8 Å². The minimum Gasteiger partial charge on any atom is -0.383 e. The van der Waals surface area contributed by atoms with Crippen LogP contribution in [0.5, 0.6) is 0 Å². The van der Waals surface area contributed by atoms with Crippen molar-refractivity contribution in [2.75, 3.05) is 25.2 Å². The summed E-state index contributed by atoms with van der Waals surface area (Å²) >= 11 is 0. The molecule has 1 aromatic carbocycles. The van der Waals surface area contributed by atoms with E-state index in [1.807, 2.05) is 38.1 Å². The van der Waals surface area contributed by atoms with Crippen molar-refractivity contribution in [3.63, 3.8) is 0 Å². The van der Waals surface area contributed by atoms with Gasteiger partial charge in [-0.25, -0.2) is 0 Å². The molecule has 0 bridgehead atoms. The fourth-order valence-corrected chi connectivity index (χ4v) is 2.63. The zero-order valence-corrected chi connectivity index (χ0v) is 12.8. The van der Waals surface area contributed by atoms with Gasteiger partial charge in [0.1, 0.15) is 0 Å². The average molecular weight is 290 g/mol. The number of nitrogens with one attached hydrogen (secondary N) is 1. The van der Waals surface area contributed by atoms with Gasteiger partial charge in [-0.1, -0.05) is 18.2 Å². The highest BCUT2D eigenvalue weighted by Crippen LogP contribution is 2.27. The molecule has 2 amide bonds. The third kappa shape index (κ3) is 3.61. The van der Waals surface area contributed by atoms with E-state index in [0.717, 1.165) is 11.3 Å². The minimum absolute atomic E-state index is 0.00356. The lowest BCUT2D eigenvalue weighted by Crippen LogP contribution is -2.40. The molecule has 1 fully saturated rings. The number of aryl methyl sites for hydroxylation is 1. The van der Waals surface area contributed by atoms with Gasteiger partial charge in [0.05, 0.1) is 12.5 Å². The highest BCUT2D eigenvalue weighted by molar-refractivity contribution is 6.00. The van der Waals surface area contributed by atoms with Crippen LogP contribution in [-0.4, -0.2) is 38.1 Å². The van der Waals surface area contributed by atoms with Crippen molar-refractivity contribution < 1.29 is 14.3 Å². The Balaban J connectivity index is 2.03. The molecule has 2 rings (SSSR count). The number of methoxy groups -OCH3 is 1. The molecule has 1 aliphatic heterocycles. The lowest BCUT2D eigenvalue weighted by Gasteiger charge is -2.19. The molecule has 114 valence electrons. The number of para-hydroxylation sites is 1. The maximum Gasteiger partial charge on any atom is 0.227 e. The maximum absolute atomic E-state index is 12.2. The Labute approximate surface area is 125 Å². The SMILES string of the molecule is COC[C@H](C)NC(=O)[C@@H]1CC(=O)N(c2ccccc2C)C1. The fourth-order valence-electron chi connectivity index (χ4n) is 2.63. The van der Waals surface area contributed by atoms with Gasteiger partial charge in [-0.3, -0.25) is 9.59 Å². The molecule has 1 N–H and O–H groups in total. The van der Waals surface area contributed by atoms with Gasteiger partial charge in [-0.05, 0) is 25.5 Å². The van der Waals surface area contributed by atoms with Crippen LogP contribution >= 0.6 is 0 Å². The van der Waals surface area contributed by atoms with Gasteiger partial charge >= 0.3 is 0 Å². The molecule has 0 radical (unpaired) electrons. The summed E-state index contributed by atoms with van der Waals surface area (Å²) in [5, 5.41) is 2.89. The molecule has 21 heavy (non-hydrogen) atoms. The van der Waals surface area contributed by atoms with E-state index in [1.165, 1.54) is 0 Å². The second kappa shape index (κ2) is 6.72. The monoisotopic (exact) mass is 290 g/mol. The number of hydrogen-bond donors (Lipinski definition) is 1. The van der Waals surface area contributed by atoms with Crippen molar-refractivity contribution in [1.82, 2.24) is 5.32 Å². The van der Waals surface area contributed by atoms with E-state index in [2.05, 4.69) is 5.32 Å². The average Bonchev–Trinajstić information content (AvgIpc) is 2.81. The summed E-state index contributed by atoms with van der Waals surface area (Å²) in [5.74, 6) is -0.371. The molecule has 5 heteroatoms. The molecule has 0 aromatic heterocycles. The molecular weight excluding hydrogens is 268 g/mol. The van der Waals surface area contributed by atoms with E-state index in [0.29, 0.717) is 13.2 Å². The summed E-state index contributed by atoms with van der Waals surface area (Å²) < 4.78 is 5.00. The molecule has 0 unspecified atom stereocenters. The predicted octanol–water partition coefficient (Wildman–Crippen LogP) is 1.50. The number of nitrogens with zero attached hydrogens (tertiary/aromatic N) is 1. The lowest BCUT2D eigenvalue weighted by atomic mass is 10.1. The van der Waals surface area contributed by atoms with Crippen molar-refractivity contribution in [2.24, 2.45) is 5.92 Å². The van der Waals surface area contributed by atoms with E-state index in [9.17, 15) is 9.59 Å².